The van der Waals surface area contributed by atoms with Gasteiger partial charge in [0.05, 0.1) is 42.2 Å². The summed E-state index contributed by atoms with van der Waals surface area (Å²) in [5.41, 5.74) is 4.64. The van der Waals surface area contributed by atoms with Crippen LogP contribution in [0.5, 0.6) is 5.75 Å². The summed E-state index contributed by atoms with van der Waals surface area (Å²) in [4.78, 5) is 9.49. The van der Waals surface area contributed by atoms with E-state index in [-0.39, 0.29) is 18.7 Å². The van der Waals surface area contributed by atoms with E-state index in [4.69, 9.17) is 14.5 Å². The first-order chi connectivity index (χ1) is 18.9. The molecule has 11 nitrogen and oxygen atoms in total. The van der Waals surface area contributed by atoms with E-state index in [2.05, 4.69) is 31.7 Å². The lowest BCUT2D eigenvalue weighted by atomic mass is 10.1. The molecule has 196 valence electrons. The Labute approximate surface area is 222 Å². The lowest BCUT2D eigenvalue weighted by molar-refractivity contribution is 0.103. The number of hydrogen-bond acceptors (Lipinski definition) is 9. The molecule has 1 fully saturated rings. The molecule has 1 aliphatic rings. The zero-order valence-electron chi connectivity index (χ0n) is 21.5. The van der Waals surface area contributed by atoms with E-state index in [1.165, 1.54) is 0 Å². The van der Waals surface area contributed by atoms with Crippen LogP contribution in [-0.2, 0) is 4.74 Å². The number of ether oxygens (including phenoxy) is 2. The number of fused-ring (bicyclic) bond motifs is 1. The molecule has 0 bridgehead atoms. The van der Waals surface area contributed by atoms with E-state index in [1.807, 2.05) is 54.8 Å². The maximum Gasteiger partial charge on any atom is 0.163 e. The molecule has 1 saturated heterocycles. The molecule has 12 heteroatoms. The Kier molecular flexibility index (Phi) is 6.12. The van der Waals surface area contributed by atoms with Gasteiger partial charge in [-0.2, -0.15) is 15.5 Å². The van der Waals surface area contributed by atoms with E-state index < -0.39 is 12.3 Å². The van der Waals surface area contributed by atoms with Crippen LogP contribution in [-0.4, -0.2) is 54.4 Å². The predicted octanol–water partition coefficient (Wildman–Crippen LogP) is 4.44. The largest absolute Gasteiger partial charge is 0.494 e. The number of alkyl halides is 1. The van der Waals surface area contributed by atoms with Crippen molar-refractivity contribution in [1.82, 2.24) is 34.5 Å². The van der Waals surface area contributed by atoms with Gasteiger partial charge in [-0.25, -0.2) is 19.0 Å². The fraction of sp³-hybridized carbons (Fsp3) is 0.259. The second-order valence-corrected chi connectivity index (χ2v) is 9.27. The number of imidazole rings is 1. The second kappa shape index (κ2) is 9.77. The van der Waals surface area contributed by atoms with Crippen LogP contribution in [0.1, 0.15) is 35.2 Å². The molecule has 0 radical (unpaired) electrons. The Morgan fingerprint density at radius 3 is 2.72 bits per heavy atom. The van der Waals surface area contributed by atoms with Crippen molar-refractivity contribution < 1.29 is 13.9 Å². The van der Waals surface area contributed by atoms with Gasteiger partial charge in [0.1, 0.15) is 30.1 Å². The van der Waals surface area contributed by atoms with Gasteiger partial charge in [-0.15, -0.1) is 5.10 Å². The first kappa shape index (κ1) is 24.4. The van der Waals surface area contributed by atoms with Crippen LogP contribution < -0.4 is 10.1 Å². The molecule has 5 aromatic rings. The number of nitrogens with zero attached hydrogens (tertiary/aromatic N) is 8. The van der Waals surface area contributed by atoms with Crippen LogP contribution in [0.3, 0.4) is 0 Å². The minimum Gasteiger partial charge on any atom is -0.494 e. The monoisotopic (exact) mass is 525 g/mol. The molecule has 0 amide bonds. The lowest BCUT2D eigenvalue weighted by Crippen LogP contribution is -2.12. The fourth-order valence-electron chi connectivity index (χ4n) is 4.64. The number of aromatic nitrogens is 7. The average molecular weight is 526 g/mol. The van der Waals surface area contributed by atoms with E-state index in [0.717, 1.165) is 16.9 Å². The predicted molar refractivity (Wildman–Crippen MR) is 140 cm³/mol. The first-order valence-corrected chi connectivity index (χ1v) is 12.3. The maximum absolute atomic E-state index is 14.0. The van der Waals surface area contributed by atoms with Gasteiger partial charge >= 0.3 is 0 Å². The second-order valence-electron chi connectivity index (χ2n) is 9.27. The van der Waals surface area contributed by atoms with Crippen molar-refractivity contribution in [2.24, 2.45) is 0 Å². The maximum atomic E-state index is 14.0. The summed E-state index contributed by atoms with van der Waals surface area (Å²) in [6.45, 7) is 3.74. The quantitative estimate of drug-likeness (QED) is 0.342. The van der Waals surface area contributed by atoms with Crippen molar-refractivity contribution in [3.8, 4) is 23.5 Å². The van der Waals surface area contributed by atoms with Crippen molar-refractivity contribution >= 4 is 22.5 Å². The van der Waals surface area contributed by atoms with Gasteiger partial charge < -0.3 is 14.8 Å². The number of aryl methyl sites for hydroxylation is 2. The molecule has 0 aliphatic carbocycles. The van der Waals surface area contributed by atoms with Gasteiger partial charge in [-0.3, -0.25) is 4.57 Å². The fourth-order valence-corrected chi connectivity index (χ4v) is 4.64. The number of rotatable bonds is 6. The molecule has 1 aromatic carbocycles. The van der Waals surface area contributed by atoms with Gasteiger partial charge in [0, 0.05) is 23.7 Å². The number of nitrogens with one attached hydrogen (secondary N) is 1. The number of hydrogen-bond donors (Lipinski definition) is 1. The van der Waals surface area contributed by atoms with Crippen LogP contribution >= 0.6 is 0 Å². The molecule has 2 atom stereocenters. The van der Waals surface area contributed by atoms with Crippen LogP contribution in [0.4, 0.5) is 15.9 Å². The van der Waals surface area contributed by atoms with Crippen molar-refractivity contribution in [2.75, 3.05) is 19.0 Å². The topological polar surface area (TPSA) is 129 Å². The highest BCUT2D eigenvalue weighted by atomic mass is 19.1. The van der Waals surface area contributed by atoms with Crippen molar-refractivity contribution in [3.63, 3.8) is 0 Å². The number of halogens is 1. The van der Waals surface area contributed by atoms with Crippen molar-refractivity contribution in [1.29, 1.82) is 5.26 Å². The summed E-state index contributed by atoms with van der Waals surface area (Å²) in [5.74, 6) is 2.19. The Hall–Kier alpha value is -4.89. The highest BCUT2D eigenvalue weighted by Gasteiger charge is 2.30. The Bertz CT molecular complexity index is 1720. The van der Waals surface area contributed by atoms with Crippen LogP contribution in [0.2, 0.25) is 0 Å². The molecule has 5 heterocycles. The summed E-state index contributed by atoms with van der Waals surface area (Å²) >= 11 is 0. The van der Waals surface area contributed by atoms with Gasteiger partial charge in [-0.05, 0) is 50.2 Å². The lowest BCUT2D eigenvalue weighted by Gasteiger charge is -2.17. The molecule has 4 aromatic heterocycles. The summed E-state index contributed by atoms with van der Waals surface area (Å²) in [5, 5.41) is 25.3. The van der Waals surface area contributed by atoms with Gasteiger partial charge in [0.25, 0.3) is 0 Å². The minimum absolute atomic E-state index is 0.0316. The zero-order chi connectivity index (χ0) is 27.1. The number of anilines is 2. The van der Waals surface area contributed by atoms with Crippen LogP contribution in [0.15, 0.2) is 48.8 Å². The third kappa shape index (κ3) is 4.53. The SMILES string of the molecule is COc1cc2c(cc1Nc1ccc(C)nn1)ncn2-c1ccc([C@H]2C[C@@H](F)CO2)c(-n2nc(C#N)cc2C)n1. The van der Waals surface area contributed by atoms with E-state index in [0.29, 0.717) is 40.0 Å². The molecule has 1 N–H and O–H groups in total. The highest BCUT2D eigenvalue weighted by molar-refractivity contribution is 5.85. The van der Waals surface area contributed by atoms with E-state index >= 15 is 0 Å². The third-order valence-corrected chi connectivity index (χ3v) is 6.56. The summed E-state index contributed by atoms with van der Waals surface area (Å²) in [6, 6.07) is 14.9. The number of nitriles is 1. The number of pyridine rings is 1. The van der Waals surface area contributed by atoms with Crippen molar-refractivity contribution in [2.45, 2.75) is 32.5 Å². The standard InChI is InChI=1S/C27H24FN9O2/c1-15-4-6-25(34-33-15)31-21-10-20-22(11-24(21)38-3)36(14-30-20)26-7-5-19(23-9-17(28)13-39-23)27(32-26)37-16(2)8-18(12-29)35-37/h4-8,10-11,14,17,23H,9,13H2,1-3H3,(H,31,34)/t17-,23-/m1/s1. The molecule has 0 saturated carbocycles. The van der Waals surface area contributed by atoms with Gasteiger partial charge in [0.2, 0.25) is 0 Å². The van der Waals surface area contributed by atoms with Gasteiger partial charge in [-0.1, -0.05) is 0 Å². The molecular formula is C27H24FN9O2. The first-order valence-electron chi connectivity index (χ1n) is 12.3. The number of benzene rings is 1. The Balaban J connectivity index is 1.44. The molecule has 39 heavy (non-hydrogen) atoms. The normalized spacial score (nSPS) is 16.9. The van der Waals surface area contributed by atoms with Crippen LogP contribution in [0, 0.1) is 25.2 Å². The number of methoxy groups -OCH3 is 1. The van der Waals surface area contributed by atoms with Crippen molar-refractivity contribution in [3.05, 3.63) is 71.4 Å². The molecule has 0 unspecified atom stereocenters. The Morgan fingerprint density at radius 2 is 2.03 bits per heavy atom. The molecular weight excluding hydrogens is 501 g/mol. The van der Waals surface area contributed by atoms with E-state index in [1.54, 1.807) is 24.2 Å². The summed E-state index contributed by atoms with van der Waals surface area (Å²) < 4.78 is 28.8. The molecule has 6 rings (SSSR count). The highest BCUT2D eigenvalue weighted by Crippen LogP contribution is 2.36. The van der Waals surface area contributed by atoms with Gasteiger partial charge in [0.15, 0.2) is 17.3 Å². The summed E-state index contributed by atoms with van der Waals surface area (Å²) in [6.07, 6.45) is 0.385. The zero-order valence-corrected chi connectivity index (χ0v) is 21.5. The minimum atomic E-state index is -1.05. The smallest absolute Gasteiger partial charge is 0.163 e. The Morgan fingerprint density at radius 1 is 1.15 bits per heavy atom. The third-order valence-electron chi connectivity index (χ3n) is 6.56. The average Bonchev–Trinajstić information content (AvgIpc) is 3.67. The van der Waals surface area contributed by atoms with Crippen LogP contribution in [0.25, 0.3) is 22.7 Å². The molecule has 0 spiro atoms. The van der Waals surface area contributed by atoms with E-state index in [9.17, 15) is 9.65 Å². The molecule has 1 aliphatic heterocycles. The summed E-state index contributed by atoms with van der Waals surface area (Å²) in [7, 11) is 1.59.